The van der Waals surface area contributed by atoms with E-state index in [1.54, 1.807) is 0 Å². The lowest BCUT2D eigenvalue weighted by Gasteiger charge is -2.44. The first-order chi connectivity index (χ1) is 35.0. The highest BCUT2D eigenvalue weighted by atomic mass is 15.4. The molecule has 0 unspecified atom stereocenters. The second kappa shape index (κ2) is 16.2. The zero-order valence-corrected chi connectivity index (χ0v) is 46.1. The smallest absolute Gasteiger partial charge is 0.178 e. The van der Waals surface area contributed by atoms with Crippen molar-refractivity contribution in [2.45, 2.75) is 119 Å². The molecule has 7 aromatic carbocycles. The molecule has 0 saturated carbocycles. The van der Waals surface area contributed by atoms with Crippen molar-refractivity contribution in [1.82, 2.24) is 9.97 Å². The zero-order chi connectivity index (χ0) is 52.1. The third kappa shape index (κ3) is 6.68. The highest BCUT2D eigenvalue weighted by molar-refractivity contribution is 5.96. The Labute approximate surface area is 440 Å². The average Bonchev–Trinajstić information content (AvgIpc) is 4.02. The summed E-state index contributed by atoms with van der Waals surface area (Å²) in [5, 5.41) is 0. The van der Waals surface area contributed by atoms with Crippen LogP contribution in [-0.2, 0) is 21.7 Å². The number of aromatic nitrogens is 2. The van der Waals surface area contributed by atoms with Crippen LogP contribution in [0.3, 0.4) is 0 Å². The molecule has 8 aromatic rings. The van der Waals surface area contributed by atoms with Crippen LogP contribution in [0, 0.1) is 24.7 Å². The maximum absolute atomic E-state index is 5.61. The van der Waals surface area contributed by atoms with Gasteiger partial charge in [0.25, 0.3) is 0 Å². The minimum atomic E-state index is -0.171. The molecule has 0 saturated heterocycles. The number of para-hydroxylation sites is 2. The molecule has 74 heavy (non-hydrogen) atoms. The molecule has 0 N–H and O–H groups in total. The fourth-order valence-corrected chi connectivity index (χ4v) is 13.3. The van der Waals surface area contributed by atoms with E-state index >= 15 is 0 Å². The highest BCUT2D eigenvalue weighted by Crippen LogP contribution is 2.65. The summed E-state index contributed by atoms with van der Waals surface area (Å²) in [5.41, 5.74) is 21.7. The SMILES string of the molecule is Cc1cc(C)cc(-c2c(-c3ccc(N4CN(c5ccccc5)c5cc6c(cc54)C(C)(C)C(C)(C)C6(C)C)cc3)cccc2-c2ccc(N3CN(c4ccccc4)c4nc5c(nc43)C(C)(C)C(C)(C)C5(C)C)cc2)c1. The molecule has 0 atom stereocenters. The third-order valence-electron chi connectivity index (χ3n) is 20.1. The number of fused-ring (bicyclic) bond motifs is 4. The van der Waals surface area contributed by atoms with Crippen molar-refractivity contribution in [1.29, 1.82) is 0 Å². The van der Waals surface area contributed by atoms with Crippen LogP contribution < -0.4 is 19.6 Å². The van der Waals surface area contributed by atoms with Gasteiger partial charge in [0, 0.05) is 33.6 Å². The van der Waals surface area contributed by atoms with Gasteiger partial charge < -0.3 is 19.6 Å². The molecule has 12 rings (SSSR count). The summed E-state index contributed by atoms with van der Waals surface area (Å²) in [6, 6.07) is 58.9. The first-order valence-electron chi connectivity index (χ1n) is 26.8. The Bertz CT molecular complexity index is 3300. The van der Waals surface area contributed by atoms with E-state index in [0.29, 0.717) is 6.67 Å². The molecule has 0 spiro atoms. The molecule has 1 aromatic heterocycles. The Morgan fingerprint density at radius 3 is 1.15 bits per heavy atom. The van der Waals surface area contributed by atoms with Gasteiger partial charge in [-0.05, 0) is 141 Å². The van der Waals surface area contributed by atoms with E-state index in [0.717, 1.165) is 41.1 Å². The Morgan fingerprint density at radius 1 is 0.351 bits per heavy atom. The Hall–Kier alpha value is -7.18. The van der Waals surface area contributed by atoms with E-state index in [9.17, 15) is 0 Å². The summed E-state index contributed by atoms with van der Waals surface area (Å²) in [4.78, 5) is 20.9. The average molecular weight is 973 g/mol. The minimum Gasteiger partial charge on any atom is -0.321 e. The van der Waals surface area contributed by atoms with Gasteiger partial charge in [0.1, 0.15) is 13.3 Å². The van der Waals surface area contributed by atoms with E-state index in [-0.39, 0.29) is 32.5 Å². The van der Waals surface area contributed by atoms with Crippen LogP contribution in [-0.4, -0.2) is 23.3 Å². The molecule has 0 radical (unpaired) electrons. The van der Waals surface area contributed by atoms with Crippen LogP contribution in [0.25, 0.3) is 33.4 Å². The predicted molar refractivity (Wildman–Crippen MR) is 312 cm³/mol. The number of hydrogen-bond donors (Lipinski definition) is 0. The number of benzene rings is 7. The molecule has 0 fully saturated rings. The normalized spacial score (nSPS) is 18.8. The fourth-order valence-electron chi connectivity index (χ4n) is 13.3. The van der Waals surface area contributed by atoms with Gasteiger partial charge in [0.2, 0.25) is 0 Å². The Balaban J connectivity index is 0.933. The van der Waals surface area contributed by atoms with E-state index in [1.807, 2.05) is 0 Å². The summed E-state index contributed by atoms with van der Waals surface area (Å²) in [6.07, 6.45) is 0. The van der Waals surface area contributed by atoms with Gasteiger partial charge in [-0.2, -0.15) is 0 Å². The van der Waals surface area contributed by atoms with Gasteiger partial charge in [0.15, 0.2) is 11.6 Å². The van der Waals surface area contributed by atoms with Crippen molar-refractivity contribution in [3.05, 3.63) is 191 Å². The summed E-state index contributed by atoms with van der Waals surface area (Å²) in [6.45, 7) is 34.6. The summed E-state index contributed by atoms with van der Waals surface area (Å²) < 4.78 is 0. The van der Waals surface area contributed by atoms with E-state index in [1.165, 1.54) is 78.4 Å². The molecule has 4 aliphatic rings. The third-order valence-corrected chi connectivity index (χ3v) is 20.1. The molecule has 374 valence electrons. The van der Waals surface area contributed by atoms with Crippen molar-refractivity contribution in [2.75, 3.05) is 32.9 Å². The van der Waals surface area contributed by atoms with Crippen LogP contribution in [0.1, 0.15) is 117 Å². The number of nitrogens with zero attached hydrogens (tertiary/aromatic N) is 6. The van der Waals surface area contributed by atoms with E-state index in [2.05, 4.69) is 274 Å². The van der Waals surface area contributed by atoms with Crippen molar-refractivity contribution >= 4 is 45.8 Å². The number of aryl methyl sites for hydroxylation is 2. The molecule has 2 aliphatic heterocycles. The predicted octanol–water partition coefficient (Wildman–Crippen LogP) is 17.8. The van der Waals surface area contributed by atoms with Crippen molar-refractivity contribution in [3.63, 3.8) is 0 Å². The van der Waals surface area contributed by atoms with Gasteiger partial charge in [-0.1, -0.05) is 191 Å². The molecule has 6 heteroatoms. The van der Waals surface area contributed by atoms with Crippen molar-refractivity contribution < 1.29 is 0 Å². The van der Waals surface area contributed by atoms with Gasteiger partial charge in [0.05, 0.1) is 22.8 Å². The lowest BCUT2D eigenvalue weighted by molar-refractivity contribution is 0.122. The van der Waals surface area contributed by atoms with Crippen molar-refractivity contribution in [2.24, 2.45) is 10.8 Å². The lowest BCUT2D eigenvalue weighted by Crippen LogP contribution is -2.42. The lowest BCUT2D eigenvalue weighted by atomic mass is 9.59. The standard InChI is InChI=1S/C68H72N6/c1-43-36-44(2)38-47(37-43)58-52(45-28-32-50(33-29-45)72-41-71(48-22-17-15-18-23-48)56-39-54-55(40-57(56)72)64(5,6)67(11,12)63(54,3)4)26-21-27-53(58)46-30-34-51(35-31-46)74-42-73(49-24-19-16-20-25-49)61-62(74)70-60-59(69-61)65(7,8)68(13,14)66(60,9)10/h15-40H,41-42H2,1-14H3. The number of rotatable bonds is 7. The molecule has 0 bridgehead atoms. The van der Waals surface area contributed by atoms with E-state index < -0.39 is 0 Å². The van der Waals surface area contributed by atoms with Gasteiger partial charge in [-0.3, -0.25) is 0 Å². The zero-order valence-electron chi connectivity index (χ0n) is 46.1. The van der Waals surface area contributed by atoms with Crippen LogP contribution >= 0.6 is 0 Å². The maximum atomic E-state index is 5.61. The topological polar surface area (TPSA) is 38.7 Å². The molecule has 2 aliphatic carbocycles. The molecular weight excluding hydrogens is 901 g/mol. The Kier molecular flexibility index (Phi) is 10.4. The van der Waals surface area contributed by atoms with Crippen LogP contribution in [0.4, 0.5) is 45.8 Å². The van der Waals surface area contributed by atoms with Crippen LogP contribution in [0.2, 0.25) is 0 Å². The number of hydrogen-bond acceptors (Lipinski definition) is 6. The second-order valence-electron chi connectivity index (χ2n) is 25.1. The van der Waals surface area contributed by atoms with Crippen LogP contribution in [0.15, 0.2) is 158 Å². The maximum Gasteiger partial charge on any atom is 0.178 e. The Morgan fingerprint density at radius 2 is 0.716 bits per heavy atom. The minimum absolute atomic E-state index is 0.00291. The van der Waals surface area contributed by atoms with E-state index in [4.69, 9.17) is 9.97 Å². The summed E-state index contributed by atoms with van der Waals surface area (Å²) >= 11 is 0. The monoisotopic (exact) mass is 973 g/mol. The van der Waals surface area contributed by atoms with Gasteiger partial charge in [-0.25, -0.2) is 9.97 Å². The molecule has 3 heterocycles. The van der Waals surface area contributed by atoms with Gasteiger partial charge >= 0.3 is 0 Å². The van der Waals surface area contributed by atoms with Crippen molar-refractivity contribution in [3.8, 4) is 33.4 Å². The second-order valence-corrected chi connectivity index (χ2v) is 25.1. The molecule has 0 amide bonds. The number of anilines is 8. The van der Waals surface area contributed by atoms with Crippen LogP contribution in [0.5, 0.6) is 0 Å². The largest absolute Gasteiger partial charge is 0.321 e. The molecule has 6 nitrogen and oxygen atoms in total. The first kappa shape index (κ1) is 47.8. The first-order valence-corrected chi connectivity index (χ1v) is 26.8. The summed E-state index contributed by atoms with van der Waals surface area (Å²) in [7, 11) is 0. The highest BCUT2D eigenvalue weighted by Gasteiger charge is 2.60. The molecular formula is C68H72N6. The summed E-state index contributed by atoms with van der Waals surface area (Å²) in [5.74, 6) is 1.83. The quantitative estimate of drug-likeness (QED) is 0.158. The van der Waals surface area contributed by atoms with Gasteiger partial charge in [-0.15, -0.1) is 0 Å². The fraction of sp³-hybridized carbons (Fsp3) is 0.324.